The van der Waals surface area contributed by atoms with Crippen LogP contribution in [0.3, 0.4) is 0 Å². The predicted octanol–water partition coefficient (Wildman–Crippen LogP) is 7.11. The van der Waals surface area contributed by atoms with E-state index in [4.69, 9.17) is 0 Å². The maximum atomic E-state index is 12.4. The molecule has 0 aromatic carbocycles. The number of likely N-dealkylation sites (tertiary alicyclic amines) is 1. The number of nitrogens with one attached hydrogen (secondary N) is 2. The molecule has 1 aromatic heterocycles. The monoisotopic (exact) mass is 632 g/mol. The van der Waals surface area contributed by atoms with Crippen LogP contribution in [-0.2, 0) is 16.0 Å². The number of hydrogen-bond acceptors (Lipinski definition) is 5. The number of pyridine rings is 1. The maximum absolute atomic E-state index is 12.4. The van der Waals surface area contributed by atoms with E-state index in [1.807, 2.05) is 6.07 Å². The first-order valence-corrected chi connectivity index (χ1v) is 17.2. The number of carboxylic acid groups (broad SMARTS) is 1. The lowest BCUT2D eigenvalue weighted by atomic mass is 10.1. The fourth-order valence-corrected chi connectivity index (χ4v) is 5.04. The molecule has 252 valence electrons. The Morgan fingerprint density at radius 3 is 2.09 bits per heavy atom. The molecule has 1 unspecified atom stereocenters. The number of aromatic nitrogens is 1. The normalized spacial score (nSPS) is 14.8. The molecule has 2 heterocycles. The van der Waals surface area contributed by atoms with Gasteiger partial charge in [0.1, 0.15) is 6.04 Å². The summed E-state index contributed by atoms with van der Waals surface area (Å²) in [6.07, 6.45) is 34.6. The van der Waals surface area contributed by atoms with Gasteiger partial charge in [-0.25, -0.2) is 4.79 Å². The highest BCUT2D eigenvalue weighted by Gasteiger charge is 2.19. The standard InChI is InChI=1S/C38H56N4O4/c1-2-3-4-5-6-7-8-9-10-11-12-13-14-15-16-17-18-24-36(43)41-35(38(45)46)23-19-20-28-39-37(44)33-25-26-34(40-32-33)27-31-42-29-21-22-30-42/h3-4,6-7,9-10,12-13,15-16,25-26,32,35H,2,5,8,11,14,17-24,27-31H2,1H3,(H,39,44)(H,41,43)(H,45,46). The maximum Gasteiger partial charge on any atom is 0.326 e. The molecule has 0 bridgehead atoms. The molecule has 1 aliphatic rings. The Hall–Kier alpha value is -3.78. The van der Waals surface area contributed by atoms with Crippen molar-refractivity contribution in [1.29, 1.82) is 0 Å². The Morgan fingerprint density at radius 2 is 1.50 bits per heavy atom. The Morgan fingerprint density at radius 1 is 0.870 bits per heavy atom. The smallest absolute Gasteiger partial charge is 0.326 e. The SMILES string of the molecule is CCC=CCC=CCC=CCC=CCC=CCCCC(=O)NC(CCCCNC(=O)c1ccc(CCN2CCCC2)nc1)C(=O)O. The van der Waals surface area contributed by atoms with Crippen LogP contribution in [0, 0.1) is 0 Å². The van der Waals surface area contributed by atoms with E-state index in [1.165, 1.54) is 12.8 Å². The van der Waals surface area contributed by atoms with Gasteiger partial charge in [-0.15, -0.1) is 0 Å². The first-order valence-electron chi connectivity index (χ1n) is 17.2. The van der Waals surface area contributed by atoms with Crippen LogP contribution in [0.2, 0.25) is 0 Å². The number of hydrogen-bond donors (Lipinski definition) is 3. The van der Waals surface area contributed by atoms with Crippen LogP contribution in [0.5, 0.6) is 0 Å². The second-order valence-corrected chi connectivity index (χ2v) is 11.6. The zero-order chi connectivity index (χ0) is 33.1. The van der Waals surface area contributed by atoms with Gasteiger partial charge in [0.25, 0.3) is 5.91 Å². The Kier molecular flexibility index (Phi) is 21.2. The van der Waals surface area contributed by atoms with E-state index in [0.717, 1.165) is 70.3 Å². The van der Waals surface area contributed by atoms with Gasteiger partial charge in [-0.2, -0.15) is 0 Å². The number of rotatable bonds is 24. The molecule has 1 atom stereocenters. The predicted molar refractivity (Wildman–Crippen MR) is 188 cm³/mol. The molecule has 3 N–H and O–H groups in total. The zero-order valence-electron chi connectivity index (χ0n) is 27.9. The summed E-state index contributed by atoms with van der Waals surface area (Å²) < 4.78 is 0. The van der Waals surface area contributed by atoms with Gasteiger partial charge in [-0.05, 0) is 102 Å². The van der Waals surface area contributed by atoms with E-state index >= 15 is 0 Å². The van der Waals surface area contributed by atoms with Crippen molar-refractivity contribution in [3.05, 3.63) is 90.3 Å². The van der Waals surface area contributed by atoms with E-state index in [0.29, 0.717) is 44.2 Å². The van der Waals surface area contributed by atoms with Crippen molar-refractivity contribution in [2.45, 2.75) is 103 Å². The van der Waals surface area contributed by atoms with Crippen molar-refractivity contribution >= 4 is 17.8 Å². The van der Waals surface area contributed by atoms with E-state index < -0.39 is 12.0 Å². The van der Waals surface area contributed by atoms with Crippen LogP contribution in [-0.4, -0.2) is 65.0 Å². The minimum absolute atomic E-state index is 0.186. The molecular weight excluding hydrogens is 576 g/mol. The zero-order valence-corrected chi connectivity index (χ0v) is 27.9. The summed E-state index contributed by atoms with van der Waals surface area (Å²) >= 11 is 0. The van der Waals surface area contributed by atoms with Crippen molar-refractivity contribution < 1.29 is 19.5 Å². The molecule has 8 heteroatoms. The topological polar surface area (TPSA) is 112 Å². The number of carboxylic acids is 1. The number of amides is 2. The molecule has 1 aliphatic heterocycles. The summed E-state index contributed by atoms with van der Waals surface area (Å²) in [6.45, 7) is 5.89. The lowest BCUT2D eigenvalue weighted by molar-refractivity contribution is -0.142. The van der Waals surface area contributed by atoms with Crippen molar-refractivity contribution in [1.82, 2.24) is 20.5 Å². The molecule has 8 nitrogen and oxygen atoms in total. The van der Waals surface area contributed by atoms with Gasteiger partial charge >= 0.3 is 5.97 Å². The summed E-state index contributed by atoms with van der Waals surface area (Å²) in [7, 11) is 0. The van der Waals surface area contributed by atoms with Gasteiger partial charge in [0, 0.05) is 37.8 Å². The number of allylic oxidation sites excluding steroid dienone is 10. The lowest BCUT2D eigenvalue weighted by Gasteiger charge is -2.14. The average molecular weight is 633 g/mol. The number of carbonyl (C=O) groups excluding carboxylic acids is 2. The van der Waals surface area contributed by atoms with Crippen LogP contribution in [0.1, 0.15) is 106 Å². The molecule has 1 aromatic rings. The lowest BCUT2D eigenvalue weighted by Crippen LogP contribution is -2.40. The third-order valence-corrected chi connectivity index (χ3v) is 7.74. The van der Waals surface area contributed by atoms with Gasteiger partial charge in [-0.1, -0.05) is 67.7 Å². The fourth-order valence-electron chi connectivity index (χ4n) is 5.04. The van der Waals surface area contributed by atoms with E-state index in [-0.39, 0.29) is 11.8 Å². The minimum atomic E-state index is -1.04. The van der Waals surface area contributed by atoms with Crippen molar-refractivity contribution in [3.63, 3.8) is 0 Å². The third kappa shape index (κ3) is 18.9. The highest BCUT2D eigenvalue weighted by atomic mass is 16.4. The van der Waals surface area contributed by atoms with E-state index in [1.54, 1.807) is 12.3 Å². The summed E-state index contributed by atoms with van der Waals surface area (Å²) in [5.41, 5.74) is 1.50. The molecule has 2 amide bonds. The highest BCUT2D eigenvalue weighted by molar-refractivity contribution is 5.93. The number of aliphatic carboxylic acids is 1. The first-order chi connectivity index (χ1) is 22.5. The summed E-state index contributed by atoms with van der Waals surface area (Å²) in [6, 6.07) is 2.79. The second kappa shape index (κ2) is 25.4. The van der Waals surface area contributed by atoms with Gasteiger partial charge in [0.15, 0.2) is 0 Å². The van der Waals surface area contributed by atoms with Gasteiger partial charge in [0.05, 0.1) is 5.56 Å². The summed E-state index contributed by atoms with van der Waals surface area (Å²) in [5, 5.41) is 15.1. The molecule has 0 saturated carbocycles. The molecule has 0 radical (unpaired) electrons. The van der Waals surface area contributed by atoms with Crippen LogP contribution < -0.4 is 10.6 Å². The molecule has 2 rings (SSSR count). The second-order valence-electron chi connectivity index (χ2n) is 11.6. The molecule has 1 fully saturated rings. The highest BCUT2D eigenvalue weighted by Crippen LogP contribution is 2.09. The van der Waals surface area contributed by atoms with E-state index in [2.05, 4.69) is 88.2 Å². The number of carbonyl (C=O) groups is 3. The molecule has 46 heavy (non-hydrogen) atoms. The largest absolute Gasteiger partial charge is 0.480 e. The number of nitrogens with zero attached hydrogens (tertiary/aromatic N) is 2. The van der Waals surface area contributed by atoms with Crippen LogP contribution in [0.15, 0.2) is 79.1 Å². The van der Waals surface area contributed by atoms with Crippen LogP contribution >= 0.6 is 0 Å². The Bertz CT molecular complexity index is 1150. The summed E-state index contributed by atoms with van der Waals surface area (Å²) in [4.78, 5) is 43.3. The quantitative estimate of drug-likeness (QED) is 0.0827. The van der Waals surface area contributed by atoms with Crippen molar-refractivity contribution in [2.75, 3.05) is 26.2 Å². The summed E-state index contributed by atoms with van der Waals surface area (Å²) in [5.74, 6) is -1.47. The van der Waals surface area contributed by atoms with Crippen LogP contribution in [0.25, 0.3) is 0 Å². The molecular formula is C38H56N4O4. The Balaban J connectivity index is 1.50. The minimum Gasteiger partial charge on any atom is -0.480 e. The van der Waals surface area contributed by atoms with Gasteiger partial charge in [-0.3, -0.25) is 14.6 Å². The first kappa shape index (κ1) is 38.4. The van der Waals surface area contributed by atoms with Gasteiger partial charge in [0.2, 0.25) is 5.91 Å². The fraction of sp³-hybridized carbons (Fsp3) is 0.526. The van der Waals surface area contributed by atoms with Crippen molar-refractivity contribution in [2.24, 2.45) is 0 Å². The van der Waals surface area contributed by atoms with Crippen molar-refractivity contribution in [3.8, 4) is 0 Å². The third-order valence-electron chi connectivity index (χ3n) is 7.74. The van der Waals surface area contributed by atoms with Crippen LogP contribution in [0.4, 0.5) is 0 Å². The average Bonchev–Trinajstić information content (AvgIpc) is 3.58. The van der Waals surface area contributed by atoms with E-state index in [9.17, 15) is 19.5 Å². The molecule has 1 saturated heterocycles. The Labute approximate surface area is 276 Å². The molecule has 0 spiro atoms. The number of unbranched alkanes of at least 4 members (excludes halogenated alkanes) is 2. The molecule has 0 aliphatic carbocycles. The van der Waals surface area contributed by atoms with Gasteiger partial charge < -0.3 is 20.6 Å².